The Labute approximate surface area is 116 Å². The molecule has 1 aromatic rings. The summed E-state index contributed by atoms with van der Waals surface area (Å²) in [6, 6.07) is 5.56. The molecule has 0 aliphatic heterocycles. The number of rotatable bonds is 6. The van der Waals surface area contributed by atoms with Crippen molar-refractivity contribution < 1.29 is 4.39 Å². The Kier molecular flexibility index (Phi) is 6.52. The third kappa shape index (κ3) is 3.97. The minimum atomic E-state index is -0.147. The van der Waals surface area contributed by atoms with E-state index in [1.165, 1.54) is 0 Å². The second-order valence-electron chi connectivity index (χ2n) is 4.11. The Morgan fingerprint density at radius 3 is 2.76 bits per heavy atom. The summed E-state index contributed by atoms with van der Waals surface area (Å²) in [5.41, 5.74) is 0.753. The van der Waals surface area contributed by atoms with Gasteiger partial charge in [0.15, 0.2) is 0 Å². The zero-order valence-corrected chi connectivity index (χ0v) is 12.9. The van der Waals surface area contributed by atoms with E-state index in [9.17, 15) is 4.39 Å². The number of thioether (sulfide) groups is 1. The van der Waals surface area contributed by atoms with Gasteiger partial charge in [-0.1, -0.05) is 26.0 Å². The third-order valence-electron chi connectivity index (χ3n) is 2.74. The van der Waals surface area contributed by atoms with Crippen LogP contribution in [0.4, 0.5) is 4.39 Å². The van der Waals surface area contributed by atoms with Gasteiger partial charge in [0, 0.05) is 11.6 Å². The Morgan fingerprint density at radius 2 is 2.18 bits per heavy atom. The molecule has 1 nitrogen and oxygen atoms in total. The van der Waals surface area contributed by atoms with Crippen LogP contribution < -0.4 is 5.32 Å². The van der Waals surface area contributed by atoms with Gasteiger partial charge >= 0.3 is 0 Å². The van der Waals surface area contributed by atoms with Crippen molar-refractivity contribution in [2.75, 3.05) is 18.6 Å². The van der Waals surface area contributed by atoms with Gasteiger partial charge in [-0.05, 0) is 46.5 Å². The summed E-state index contributed by atoms with van der Waals surface area (Å²) in [4.78, 5) is 0. The topological polar surface area (TPSA) is 12.0 Å². The van der Waals surface area contributed by atoms with Crippen LogP contribution in [0.5, 0.6) is 0 Å². The second kappa shape index (κ2) is 7.39. The highest BCUT2D eigenvalue weighted by Gasteiger charge is 2.21. The van der Waals surface area contributed by atoms with E-state index in [1.807, 2.05) is 12.1 Å². The van der Waals surface area contributed by atoms with Crippen LogP contribution in [0.2, 0.25) is 0 Å². The smallest absolute Gasteiger partial charge is 0.142 e. The van der Waals surface area contributed by atoms with Crippen molar-refractivity contribution in [2.24, 2.45) is 5.92 Å². The van der Waals surface area contributed by atoms with Gasteiger partial charge in [-0.3, -0.25) is 0 Å². The summed E-state index contributed by atoms with van der Waals surface area (Å²) in [5.74, 6) is 1.27. The van der Waals surface area contributed by atoms with E-state index in [0.29, 0.717) is 10.4 Å². The van der Waals surface area contributed by atoms with Crippen molar-refractivity contribution >= 4 is 27.7 Å². The molecule has 0 heterocycles. The van der Waals surface area contributed by atoms with Crippen molar-refractivity contribution in [2.45, 2.75) is 19.9 Å². The first kappa shape index (κ1) is 15.0. The molecule has 0 amide bonds. The maximum absolute atomic E-state index is 14.1. The van der Waals surface area contributed by atoms with Gasteiger partial charge in [-0.25, -0.2) is 4.39 Å². The highest BCUT2D eigenvalue weighted by molar-refractivity contribution is 9.10. The highest BCUT2D eigenvalue weighted by atomic mass is 79.9. The molecular weight excluding hydrogens is 301 g/mol. The minimum Gasteiger partial charge on any atom is -0.310 e. The molecule has 0 spiro atoms. The van der Waals surface area contributed by atoms with E-state index in [-0.39, 0.29) is 11.9 Å². The van der Waals surface area contributed by atoms with Gasteiger partial charge in [0.05, 0.1) is 4.47 Å². The SMILES string of the molecule is CCNC(c1cccc(Br)c1F)C(C)CSC. The van der Waals surface area contributed by atoms with Crippen molar-refractivity contribution in [3.05, 3.63) is 34.1 Å². The fraction of sp³-hybridized carbons (Fsp3) is 0.538. The van der Waals surface area contributed by atoms with E-state index < -0.39 is 0 Å². The molecule has 0 radical (unpaired) electrons. The monoisotopic (exact) mass is 319 g/mol. The molecule has 1 rings (SSSR count). The molecule has 0 aliphatic carbocycles. The summed E-state index contributed by atoms with van der Waals surface area (Å²) < 4.78 is 14.6. The first-order chi connectivity index (χ1) is 8.11. The molecule has 0 aliphatic rings. The number of hydrogen-bond acceptors (Lipinski definition) is 2. The molecule has 0 bridgehead atoms. The molecule has 0 saturated carbocycles. The van der Waals surface area contributed by atoms with Crippen molar-refractivity contribution in [3.8, 4) is 0 Å². The van der Waals surface area contributed by atoms with Crippen LogP contribution in [-0.2, 0) is 0 Å². The maximum atomic E-state index is 14.1. The average Bonchev–Trinajstić information content (AvgIpc) is 2.30. The third-order valence-corrected chi connectivity index (χ3v) is 4.21. The molecule has 96 valence electrons. The van der Waals surface area contributed by atoms with Crippen LogP contribution in [-0.4, -0.2) is 18.6 Å². The fourth-order valence-electron chi connectivity index (χ4n) is 1.96. The molecule has 0 aromatic heterocycles. The second-order valence-corrected chi connectivity index (χ2v) is 5.88. The van der Waals surface area contributed by atoms with Crippen molar-refractivity contribution in [1.29, 1.82) is 0 Å². The normalized spacial score (nSPS) is 14.6. The van der Waals surface area contributed by atoms with Gasteiger partial charge < -0.3 is 5.32 Å². The van der Waals surface area contributed by atoms with Crippen LogP contribution in [0.1, 0.15) is 25.5 Å². The van der Waals surface area contributed by atoms with E-state index in [0.717, 1.165) is 17.9 Å². The Hall–Kier alpha value is -0.0600. The van der Waals surface area contributed by atoms with Crippen molar-refractivity contribution in [3.63, 3.8) is 0 Å². The summed E-state index contributed by atoms with van der Waals surface area (Å²) in [7, 11) is 0. The Morgan fingerprint density at radius 1 is 1.47 bits per heavy atom. The van der Waals surface area contributed by atoms with E-state index in [2.05, 4.69) is 41.3 Å². The van der Waals surface area contributed by atoms with Crippen LogP contribution in [0.25, 0.3) is 0 Å². The first-order valence-electron chi connectivity index (χ1n) is 5.78. The van der Waals surface area contributed by atoms with E-state index >= 15 is 0 Å². The molecular formula is C13H19BrFNS. The molecule has 1 aromatic carbocycles. The quantitative estimate of drug-likeness (QED) is 0.841. The van der Waals surface area contributed by atoms with Gasteiger partial charge in [-0.2, -0.15) is 11.8 Å². The zero-order chi connectivity index (χ0) is 12.8. The minimum absolute atomic E-state index is 0.0740. The van der Waals surface area contributed by atoms with Gasteiger partial charge in [0.2, 0.25) is 0 Å². The highest BCUT2D eigenvalue weighted by Crippen LogP contribution is 2.29. The lowest BCUT2D eigenvalue weighted by Gasteiger charge is -2.25. The first-order valence-corrected chi connectivity index (χ1v) is 7.96. The van der Waals surface area contributed by atoms with Crippen LogP contribution in [0.3, 0.4) is 0 Å². The van der Waals surface area contributed by atoms with E-state index in [4.69, 9.17) is 0 Å². The van der Waals surface area contributed by atoms with Crippen LogP contribution in [0.15, 0.2) is 22.7 Å². The lowest BCUT2D eigenvalue weighted by atomic mass is 9.95. The van der Waals surface area contributed by atoms with Gasteiger partial charge in [-0.15, -0.1) is 0 Å². The summed E-state index contributed by atoms with van der Waals surface area (Å²) in [6.45, 7) is 5.05. The molecule has 17 heavy (non-hydrogen) atoms. The van der Waals surface area contributed by atoms with Gasteiger partial charge in [0.25, 0.3) is 0 Å². The summed E-state index contributed by atoms with van der Waals surface area (Å²) in [5, 5.41) is 3.38. The van der Waals surface area contributed by atoms with Gasteiger partial charge in [0.1, 0.15) is 5.82 Å². The Bertz CT molecular complexity index is 359. The number of halogens is 2. The number of hydrogen-bond donors (Lipinski definition) is 1. The van der Waals surface area contributed by atoms with E-state index in [1.54, 1.807) is 17.8 Å². The predicted octanol–water partition coefficient (Wildman–Crippen LogP) is 4.24. The molecule has 1 N–H and O–H groups in total. The molecule has 2 unspecified atom stereocenters. The number of benzene rings is 1. The molecule has 2 atom stereocenters. The largest absolute Gasteiger partial charge is 0.310 e. The van der Waals surface area contributed by atoms with Crippen molar-refractivity contribution in [1.82, 2.24) is 5.32 Å². The fourth-order valence-corrected chi connectivity index (χ4v) is 3.06. The molecule has 0 saturated heterocycles. The Balaban J connectivity index is 3.00. The predicted molar refractivity (Wildman–Crippen MR) is 78.1 cm³/mol. The zero-order valence-electron chi connectivity index (χ0n) is 10.5. The summed E-state index contributed by atoms with van der Waals surface area (Å²) >= 11 is 5.04. The number of nitrogens with one attached hydrogen (secondary N) is 1. The standard InChI is InChI=1S/C13H19BrFNS/c1-4-16-13(9(2)8-17-3)10-6-5-7-11(14)12(10)15/h5-7,9,13,16H,4,8H2,1-3H3. The summed E-state index contributed by atoms with van der Waals surface area (Å²) in [6.07, 6.45) is 2.08. The van der Waals surface area contributed by atoms with Crippen LogP contribution in [0, 0.1) is 11.7 Å². The van der Waals surface area contributed by atoms with Crippen LogP contribution >= 0.6 is 27.7 Å². The lowest BCUT2D eigenvalue weighted by molar-refractivity contribution is 0.410. The maximum Gasteiger partial charge on any atom is 0.142 e. The lowest BCUT2D eigenvalue weighted by Crippen LogP contribution is -2.29. The molecule has 0 fully saturated rings. The average molecular weight is 320 g/mol. The molecule has 4 heteroatoms.